The molecular formula is C29H40ClFN4O3. The summed E-state index contributed by atoms with van der Waals surface area (Å²) >= 11 is 6.30. The van der Waals surface area contributed by atoms with Gasteiger partial charge in [-0.2, -0.15) is 5.10 Å². The van der Waals surface area contributed by atoms with E-state index in [4.69, 9.17) is 16.4 Å². The number of halogens is 2. The largest absolute Gasteiger partial charge is 0.394 e. The average molecular weight is 547 g/mol. The van der Waals surface area contributed by atoms with Crippen LogP contribution in [0, 0.1) is 26.6 Å². The maximum Gasteiger partial charge on any atom is 0.245 e. The predicted molar refractivity (Wildman–Crippen MR) is 154 cm³/mol. The Kier molecular flexibility index (Phi) is 13.3. The van der Waals surface area contributed by atoms with Crippen LogP contribution in [-0.4, -0.2) is 60.8 Å². The molecule has 0 fully saturated rings. The first kappa shape index (κ1) is 33.0. The Hall–Kier alpha value is -3.07. The number of anilines is 1. The van der Waals surface area contributed by atoms with Crippen LogP contribution in [0.15, 0.2) is 48.6 Å². The monoisotopic (exact) mass is 546 g/mol. The van der Waals surface area contributed by atoms with Gasteiger partial charge < -0.3 is 14.8 Å². The van der Waals surface area contributed by atoms with Crippen LogP contribution < -0.4 is 10.3 Å². The maximum atomic E-state index is 15.1. The van der Waals surface area contributed by atoms with Crippen molar-refractivity contribution in [2.75, 3.05) is 25.2 Å². The quantitative estimate of drug-likeness (QED) is 0.336. The molecule has 1 aliphatic rings. The number of rotatable bonds is 9. The Morgan fingerprint density at radius 1 is 1.13 bits per heavy atom. The standard InChI is InChI=1S/C26H34ClFN4O2.C2H4.CH2O/c1-15-8-10-21(28)25(18(15)4)19(5)26(22-12-24(34)30-29-22)31(6)14-32(17(3)13-33)23-11-20(27)9-7-16(23)2;2*1-2/h7-11,17,19,26,33H,12-14H2,1-6H3,(H,30,34);1-2H2;1H2/t17?,19-,26?;;/m1../s1. The minimum atomic E-state index is -0.346. The molecule has 0 radical (unpaired) electrons. The summed E-state index contributed by atoms with van der Waals surface area (Å²) in [7, 11) is 1.94. The van der Waals surface area contributed by atoms with Crippen LogP contribution in [-0.2, 0) is 9.59 Å². The minimum absolute atomic E-state index is 0.0490. The highest BCUT2D eigenvalue weighted by molar-refractivity contribution is 6.30. The van der Waals surface area contributed by atoms with Crippen molar-refractivity contribution >= 4 is 35.7 Å². The van der Waals surface area contributed by atoms with E-state index >= 15 is 4.39 Å². The molecule has 3 atom stereocenters. The molecule has 3 rings (SSSR count). The highest BCUT2D eigenvalue weighted by Crippen LogP contribution is 2.33. The van der Waals surface area contributed by atoms with Crippen LogP contribution in [0.2, 0.25) is 5.02 Å². The fraction of sp³-hybridized carbons (Fsp3) is 0.414. The van der Waals surface area contributed by atoms with Gasteiger partial charge in [0, 0.05) is 16.6 Å². The zero-order valence-electron chi connectivity index (χ0n) is 23.2. The summed E-state index contributed by atoms with van der Waals surface area (Å²) in [5.41, 5.74) is 7.68. The molecule has 2 aromatic carbocycles. The Labute approximate surface area is 231 Å². The first-order valence-corrected chi connectivity index (χ1v) is 12.7. The zero-order chi connectivity index (χ0) is 29.2. The maximum absolute atomic E-state index is 15.1. The van der Waals surface area contributed by atoms with Gasteiger partial charge in [0.1, 0.15) is 12.6 Å². The highest BCUT2D eigenvalue weighted by atomic mass is 35.5. The summed E-state index contributed by atoms with van der Waals surface area (Å²) in [5, 5.41) is 14.9. The summed E-state index contributed by atoms with van der Waals surface area (Å²) in [6, 6.07) is 8.41. The Morgan fingerprint density at radius 3 is 2.29 bits per heavy atom. The molecule has 208 valence electrons. The number of likely N-dealkylation sites (N-methyl/N-ethyl adjacent to an activating group) is 1. The minimum Gasteiger partial charge on any atom is -0.394 e. The van der Waals surface area contributed by atoms with Gasteiger partial charge in [-0.05, 0) is 75.2 Å². The van der Waals surface area contributed by atoms with Gasteiger partial charge in [-0.15, -0.1) is 13.2 Å². The number of nitrogens with zero attached hydrogens (tertiary/aromatic N) is 3. The van der Waals surface area contributed by atoms with Gasteiger partial charge in [-0.3, -0.25) is 9.69 Å². The van der Waals surface area contributed by atoms with Crippen molar-refractivity contribution in [3.63, 3.8) is 0 Å². The van der Waals surface area contributed by atoms with Crippen LogP contribution in [0.4, 0.5) is 10.1 Å². The molecule has 9 heteroatoms. The molecule has 1 amide bonds. The number of amides is 1. The molecule has 1 heterocycles. The highest BCUT2D eigenvalue weighted by Gasteiger charge is 2.35. The fourth-order valence-corrected chi connectivity index (χ4v) is 4.93. The molecule has 0 spiro atoms. The third kappa shape index (κ3) is 7.72. The normalized spacial score (nSPS) is 14.8. The van der Waals surface area contributed by atoms with Gasteiger partial charge in [0.05, 0.1) is 37.5 Å². The summed E-state index contributed by atoms with van der Waals surface area (Å²) in [6.07, 6.45) is 0.164. The van der Waals surface area contributed by atoms with E-state index in [2.05, 4.69) is 33.5 Å². The SMILES string of the molecule is C=C.C=O.Cc1ccc(Cl)cc1N(CN(C)C(C1=NNC(=O)C1)[C@H](C)c1c(F)ccc(C)c1C)C(C)CO. The first-order chi connectivity index (χ1) is 18.0. The zero-order valence-corrected chi connectivity index (χ0v) is 24.0. The molecule has 0 saturated carbocycles. The van der Waals surface area contributed by atoms with Crippen LogP contribution in [0.5, 0.6) is 0 Å². The van der Waals surface area contributed by atoms with Crippen molar-refractivity contribution in [3.05, 3.63) is 76.6 Å². The van der Waals surface area contributed by atoms with E-state index in [0.29, 0.717) is 23.0 Å². The molecule has 0 aromatic heterocycles. The Morgan fingerprint density at radius 2 is 1.74 bits per heavy atom. The second kappa shape index (κ2) is 15.4. The lowest BCUT2D eigenvalue weighted by Crippen LogP contribution is -2.50. The number of aryl methyl sites for hydroxylation is 2. The second-order valence-electron chi connectivity index (χ2n) is 9.28. The smallest absolute Gasteiger partial charge is 0.245 e. The van der Waals surface area contributed by atoms with Crippen LogP contribution >= 0.6 is 11.6 Å². The summed E-state index contributed by atoms with van der Waals surface area (Å²) < 4.78 is 15.1. The topological polar surface area (TPSA) is 85.2 Å². The Bertz CT molecular complexity index is 1130. The predicted octanol–water partition coefficient (Wildman–Crippen LogP) is 5.15. The number of aliphatic hydroxyl groups is 1. The lowest BCUT2D eigenvalue weighted by Gasteiger charge is -2.40. The van der Waals surface area contributed by atoms with E-state index in [1.165, 1.54) is 6.07 Å². The number of benzene rings is 2. The first-order valence-electron chi connectivity index (χ1n) is 12.3. The third-order valence-corrected chi connectivity index (χ3v) is 7.03. The molecule has 2 unspecified atom stereocenters. The Balaban J connectivity index is 0.00000172. The van der Waals surface area contributed by atoms with Gasteiger partial charge in [0.15, 0.2) is 0 Å². The van der Waals surface area contributed by atoms with Crippen LogP contribution in [0.1, 0.15) is 48.4 Å². The van der Waals surface area contributed by atoms with E-state index in [-0.39, 0.29) is 42.8 Å². The molecule has 38 heavy (non-hydrogen) atoms. The third-order valence-electron chi connectivity index (χ3n) is 6.80. The molecule has 2 N–H and O–H groups in total. The summed E-state index contributed by atoms with van der Waals surface area (Å²) in [5.74, 6) is -0.713. The molecule has 2 aromatic rings. The number of hydrogen-bond acceptors (Lipinski definition) is 6. The van der Waals surface area contributed by atoms with E-state index < -0.39 is 0 Å². The molecule has 0 aliphatic carbocycles. The lowest BCUT2D eigenvalue weighted by atomic mass is 9.84. The van der Waals surface area contributed by atoms with Gasteiger partial charge in [0.25, 0.3) is 0 Å². The van der Waals surface area contributed by atoms with Crippen molar-refractivity contribution in [1.82, 2.24) is 10.3 Å². The van der Waals surface area contributed by atoms with Gasteiger partial charge >= 0.3 is 0 Å². The number of hydrogen-bond donors (Lipinski definition) is 2. The van der Waals surface area contributed by atoms with Crippen molar-refractivity contribution in [1.29, 1.82) is 0 Å². The molecule has 0 saturated heterocycles. The van der Waals surface area contributed by atoms with Crippen molar-refractivity contribution in [2.45, 2.75) is 59.0 Å². The fourth-order valence-electron chi connectivity index (χ4n) is 4.77. The number of hydrazone groups is 1. The number of nitrogens with one attached hydrogen (secondary N) is 1. The molecule has 7 nitrogen and oxygen atoms in total. The van der Waals surface area contributed by atoms with Gasteiger partial charge in [0.2, 0.25) is 5.91 Å². The van der Waals surface area contributed by atoms with E-state index in [0.717, 1.165) is 22.4 Å². The van der Waals surface area contributed by atoms with Crippen molar-refractivity contribution in [3.8, 4) is 0 Å². The number of carbonyl (C=O) groups excluding carboxylic acids is 2. The molecular weight excluding hydrogens is 507 g/mol. The summed E-state index contributed by atoms with van der Waals surface area (Å²) in [4.78, 5) is 24.2. The van der Waals surface area contributed by atoms with E-state index in [1.807, 2.05) is 66.7 Å². The summed E-state index contributed by atoms with van der Waals surface area (Å²) in [6.45, 7) is 18.2. The van der Waals surface area contributed by atoms with Crippen LogP contribution in [0.25, 0.3) is 0 Å². The lowest BCUT2D eigenvalue weighted by molar-refractivity contribution is -0.119. The van der Waals surface area contributed by atoms with E-state index in [9.17, 15) is 9.90 Å². The van der Waals surface area contributed by atoms with Gasteiger partial charge in [-0.1, -0.05) is 30.7 Å². The van der Waals surface area contributed by atoms with Crippen LogP contribution in [0.3, 0.4) is 0 Å². The number of aliphatic hydroxyl groups excluding tert-OH is 1. The van der Waals surface area contributed by atoms with Crippen molar-refractivity contribution < 1.29 is 19.1 Å². The molecule has 1 aliphatic heterocycles. The molecule has 0 bridgehead atoms. The van der Waals surface area contributed by atoms with Crippen molar-refractivity contribution in [2.24, 2.45) is 5.10 Å². The van der Waals surface area contributed by atoms with Gasteiger partial charge in [-0.25, -0.2) is 9.82 Å². The average Bonchev–Trinajstić information content (AvgIpc) is 3.34. The van der Waals surface area contributed by atoms with E-state index in [1.54, 1.807) is 6.07 Å². The number of carbonyl (C=O) groups is 2. The second-order valence-corrected chi connectivity index (χ2v) is 9.72.